The van der Waals surface area contributed by atoms with E-state index in [9.17, 15) is 97.5 Å². The average molecular weight is 1790 g/mol. The van der Waals surface area contributed by atoms with Crippen LogP contribution in [0.3, 0.4) is 0 Å². The third-order valence-corrected chi connectivity index (χ3v) is 22.8. The summed E-state index contributed by atoms with van der Waals surface area (Å²) in [5, 5.41) is 75.9. The number of hydrogen-bond donors (Lipinski definition) is 15. The van der Waals surface area contributed by atoms with Gasteiger partial charge in [-0.15, -0.1) is 0 Å². The molecule has 1 unspecified atom stereocenters. The zero-order valence-electron chi connectivity index (χ0n) is 69.1. The van der Waals surface area contributed by atoms with Gasteiger partial charge in [-0.25, -0.2) is 19.6 Å². The zero-order valence-corrected chi connectivity index (χ0v) is 70.8. The maximum Gasteiger partial charge on any atom is 0.411 e. The minimum absolute atomic E-state index is 0.00649. The van der Waals surface area contributed by atoms with Gasteiger partial charge in [0, 0.05) is 85.9 Å². The topological polar surface area (TPSA) is 646 Å². The van der Waals surface area contributed by atoms with E-state index in [1.165, 1.54) is 75.0 Å². The van der Waals surface area contributed by atoms with Gasteiger partial charge >= 0.3 is 35.9 Å². The molecular weight excluding hydrogens is 1690 g/mol. The molecule has 0 aliphatic carbocycles. The van der Waals surface area contributed by atoms with Gasteiger partial charge in [-0.3, -0.25) is 83.0 Å². The lowest BCUT2D eigenvalue weighted by Crippen LogP contribution is -2.48. The van der Waals surface area contributed by atoms with Crippen LogP contribution in [0.2, 0.25) is 0 Å². The Hall–Kier alpha value is -13.8. The lowest BCUT2D eigenvalue weighted by molar-refractivity contribution is -0.145. The molecule has 8 rings (SSSR count). The largest absolute Gasteiger partial charge is 0.493 e. The number of guanidine groups is 1. The van der Waals surface area contributed by atoms with Crippen molar-refractivity contribution in [3.05, 3.63) is 112 Å². The van der Waals surface area contributed by atoms with Gasteiger partial charge in [0.25, 0.3) is 23.3 Å². The summed E-state index contributed by atoms with van der Waals surface area (Å²) in [6.07, 6.45) is -1.57. The van der Waals surface area contributed by atoms with E-state index in [1.54, 1.807) is 30.2 Å². The third-order valence-electron chi connectivity index (χ3n) is 19.9. The number of benzene rings is 3. The Morgan fingerprint density at radius 2 is 1.36 bits per heavy atom. The van der Waals surface area contributed by atoms with Gasteiger partial charge in [-0.2, -0.15) is 4.98 Å². The highest BCUT2D eigenvalue weighted by Crippen LogP contribution is 2.40. The standard InChI is InChI=1S/C81H99N17O26S2/c1-41-21-50-35-87-57-30-64(62(119-4)28-53(57)75(112)97(50)37-41)122-19-8-7-9-20-123-65-31-58(54(29-63(65)120-5)76(113)98-38-42(2)22-51(98)36-89-121-6)94-81(118)124-39-43(3)126-125-40-47(77(114)115)25-61(101)59(32-68(106)107)93-73(110)46(27-67(104)105)24-60(100)55(11-10-18-85-79(82)83)91-72(109)45(26-66(102)103)23-52(99)16-17-56(78(116)117)92-71(108)44-12-14-48(15-13-44)86-33-49-34-88-70-69(90-49)74(111)96-80(84)95-70/h12-15,28-31,34-36,43,45-47,50-51,55-56,59,86H,1-2,7-11,16-27,32-33,37-40H2,3-6H3,(H,91,109)(H,92,108)(H,93,110)(H,94,118)(H,102,103)(H,104,105)(H,106,107)(H,114,115)(H,116,117)(H4,82,83,85)(H3,84,88,95,96,111)/b89-36+/t43?,45-,46-,47-,50-,51-,55-,56-,59-/m0/s1. The summed E-state index contributed by atoms with van der Waals surface area (Å²) in [4.78, 5) is 226. The van der Waals surface area contributed by atoms with Crippen LogP contribution in [0, 0.1) is 23.2 Å². The number of fused-ring (bicyclic) bond motifs is 3. The lowest BCUT2D eigenvalue weighted by atomic mass is 9.90. The highest BCUT2D eigenvalue weighted by atomic mass is 33.1. The molecule has 45 heteroatoms. The smallest absolute Gasteiger partial charge is 0.411 e. The number of carboxylic acid groups (broad SMARTS) is 5. The van der Waals surface area contributed by atoms with Crippen LogP contribution < -0.4 is 67.9 Å². The van der Waals surface area contributed by atoms with Crippen molar-refractivity contribution in [2.45, 2.75) is 145 Å². The van der Waals surface area contributed by atoms with Crippen LogP contribution in [0.15, 0.2) is 94.0 Å². The number of H-pyrrole nitrogens is 1. The fourth-order valence-corrected chi connectivity index (χ4v) is 15.9. The molecule has 2 aromatic heterocycles. The minimum atomic E-state index is -2.02. The van der Waals surface area contributed by atoms with E-state index in [0.717, 1.165) is 27.2 Å². The molecule has 5 heterocycles. The minimum Gasteiger partial charge on any atom is -0.493 e. The van der Waals surface area contributed by atoms with E-state index < -0.39 is 187 Å². The predicted octanol–water partition coefficient (Wildman–Crippen LogP) is 4.89. The fourth-order valence-electron chi connectivity index (χ4n) is 13.5. The number of anilines is 3. The summed E-state index contributed by atoms with van der Waals surface area (Å²) in [6, 6.07) is 5.60. The quantitative estimate of drug-likeness (QED) is 0.00615. The molecule has 3 aliphatic rings. The Morgan fingerprint density at radius 1 is 0.722 bits per heavy atom. The number of carboxylic acids is 5. The number of nitrogens with one attached hydrogen (secondary N) is 8. The SMILES string of the molecule is C=C1C[C@H]2C=Nc3cc(OCCCCCOc4cc(NC(=O)OCC(C)SSC[C@H](CC(=O)[C@H](CC(=O)O)NC(=O)[C@H](CC(=O)O)CC(=O)[C@H](CCCNC(=N)N)NC(=O)[C@H](CC(=O)O)CC(=O)CC[C@H](NC(=O)c5ccc(NCc6cnc7nc(N)[nH]c(=O)c7n6)cc5)C(=O)O)C(=O)O)c(C(=O)N5CC(=C)C[C@H]5/C=N/OC)cc4OC)c(OC)cc3C(=O)N2C1. The Kier molecular flexibility index (Phi) is 36.6. The number of carbonyl (C=O) groups excluding carboxylic acids is 9. The number of aliphatic carboxylic acids is 5. The molecule has 2 fully saturated rings. The summed E-state index contributed by atoms with van der Waals surface area (Å²) >= 11 is 0. The summed E-state index contributed by atoms with van der Waals surface area (Å²) in [5.74, 6) is -20.5. The number of rotatable bonds is 52. The maximum atomic E-state index is 14.5. The Morgan fingerprint density at radius 3 is 2.00 bits per heavy atom. The first-order chi connectivity index (χ1) is 60.0. The van der Waals surface area contributed by atoms with Gasteiger partial charge in [-0.1, -0.05) is 51.0 Å². The number of hydrogen-bond acceptors (Lipinski definition) is 31. The second-order valence-electron chi connectivity index (χ2n) is 29.6. The molecule has 0 radical (unpaired) electrons. The van der Waals surface area contributed by atoms with Crippen LogP contribution in [0.1, 0.15) is 140 Å². The van der Waals surface area contributed by atoms with Crippen molar-refractivity contribution in [2.24, 2.45) is 33.6 Å². The van der Waals surface area contributed by atoms with E-state index in [0.29, 0.717) is 78.4 Å². The summed E-state index contributed by atoms with van der Waals surface area (Å²) in [7, 11) is 6.14. The number of ether oxygens (including phenoxy) is 5. The van der Waals surface area contributed by atoms with E-state index in [-0.39, 0.29) is 115 Å². The van der Waals surface area contributed by atoms with Crippen molar-refractivity contribution in [3.63, 3.8) is 0 Å². The fraction of sp³-hybridized carbons (Fsp3) is 0.444. The first-order valence-electron chi connectivity index (χ1n) is 39.5. The zero-order chi connectivity index (χ0) is 92.0. The van der Waals surface area contributed by atoms with E-state index in [1.807, 2.05) is 0 Å². The number of ketones is 3. The molecule has 0 bridgehead atoms. The van der Waals surface area contributed by atoms with E-state index >= 15 is 0 Å². The normalized spacial score (nSPS) is 15.6. The second-order valence-corrected chi connectivity index (χ2v) is 32.4. The number of nitrogens with zero attached hydrogens (tertiary/aromatic N) is 7. The van der Waals surface area contributed by atoms with Crippen molar-refractivity contribution >= 4 is 157 Å². The van der Waals surface area contributed by atoms with Crippen molar-refractivity contribution in [2.75, 3.05) is 82.9 Å². The number of carbonyl (C=O) groups is 14. The summed E-state index contributed by atoms with van der Waals surface area (Å²) in [6.45, 7) is 10.3. The van der Waals surface area contributed by atoms with Gasteiger partial charge in [-0.05, 0) is 94.7 Å². The van der Waals surface area contributed by atoms with Gasteiger partial charge in [0.05, 0.1) is 136 Å². The lowest BCUT2D eigenvalue weighted by Gasteiger charge is -2.24. The molecule has 43 nitrogen and oxygen atoms in total. The molecule has 126 heavy (non-hydrogen) atoms. The molecule has 3 aromatic carbocycles. The van der Waals surface area contributed by atoms with E-state index in [2.05, 4.69) is 75.1 Å². The third kappa shape index (κ3) is 29.2. The Balaban J connectivity index is 0.839. The maximum absolute atomic E-state index is 14.5. The van der Waals surface area contributed by atoms with Crippen LogP contribution in [-0.2, 0) is 64.1 Å². The van der Waals surface area contributed by atoms with Crippen molar-refractivity contribution in [3.8, 4) is 23.0 Å². The molecule has 0 saturated carbocycles. The van der Waals surface area contributed by atoms with Gasteiger partial charge in [0.15, 0.2) is 51.7 Å². The number of aromatic amines is 1. The number of unbranched alkanes of at least 4 members (excludes halogenated alkanes) is 2. The van der Waals surface area contributed by atoms with Crippen LogP contribution >= 0.6 is 21.6 Å². The van der Waals surface area contributed by atoms with Crippen molar-refractivity contribution < 1.29 is 121 Å². The molecule has 2 saturated heterocycles. The number of nitrogen functional groups attached to an aromatic ring is 1. The molecule has 9 atom stereocenters. The van der Waals surface area contributed by atoms with E-state index in [4.69, 9.17) is 45.4 Å². The number of likely N-dealkylation sites (tertiary alicyclic amines) is 1. The number of methoxy groups -OCH3 is 2. The van der Waals surface area contributed by atoms with Crippen LogP contribution in [-0.4, -0.2) is 258 Å². The summed E-state index contributed by atoms with van der Waals surface area (Å²) in [5.41, 5.74) is 13.6. The first-order valence-corrected chi connectivity index (χ1v) is 41.9. The number of aromatic nitrogens is 4. The van der Waals surface area contributed by atoms with Gasteiger partial charge in [0.2, 0.25) is 17.8 Å². The monoisotopic (exact) mass is 1790 g/mol. The van der Waals surface area contributed by atoms with Gasteiger partial charge in [0.1, 0.15) is 25.5 Å². The second kappa shape index (κ2) is 47.2. The molecule has 5 aromatic rings. The molecular formula is C81H99N17O26S2. The Labute approximate surface area is 727 Å². The molecule has 0 spiro atoms. The Bertz CT molecular complexity index is 5070. The predicted molar refractivity (Wildman–Crippen MR) is 457 cm³/mol. The highest BCUT2D eigenvalue weighted by Gasteiger charge is 2.39. The number of Topliss-reactive ketones (excluding diaryl/α,β-unsaturated/α-hetero) is 3. The van der Waals surface area contributed by atoms with Gasteiger partial charge < -0.3 is 102 Å². The molecule has 6 amide bonds. The van der Waals surface area contributed by atoms with Crippen LogP contribution in [0.25, 0.3) is 11.2 Å². The average Bonchev–Trinajstić information content (AvgIpc) is 1.59. The number of aliphatic imine (C=N–C) groups is 1. The first kappa shape index (κ1) is 97.7. The number of oxime groups is 1. The highest BCUT2D eigenvalue weighted by molar-refractivity contribution is 8.76. The molecule has 676 valence electrons. The molecule has 17 N–H and O–H groups in total. The number of nitrogens with two attached hydrogens (primary N) is 2. The van der Waals surface area contributed by atoms with Crippen LogP contribution in [0.4, 0.5) is 27.8 Å². The number of amides is 6. The van der Waals surface area contributed by atoms with Crippen LogP contribution in [0.5, 0.6) is 23.0 Å². The van der Waals surface area contributed by atoms with Crippen molar-refractivity contribution in [1.82, 2.24) is 51.0 Å². The van der Waals surface area contributed by atoms with Crippen molar-refractivity contribution in [1.29, 1.82) is 5.41 Å². The summed E-state index contributed by atoms with van der Waals surface area (Å²) < 4.78 is 29.2. The molecule has 3 aliphatic heterocycles.